The van der Waals surface area contributed by atoms with Crippen molar-refractivity contribution in [3.8, 4) is 11.6 Å². The summed E-state index contributed by atoms with van der Waals surface area (Å²) in [6.45, 7) is 0. The van der Waals surface area contributed by atoms with Crippen LogP contribution in [0.4, 0.5) is 0 Å². The first-order valence-electron chi connectivity index (χ1n) is 4.37. The third-order valence-electron chi connectivity index (χ3n) is 1.78. The number of benzene rings is 1. The summed E-state index contributed by atoms with van der Waals surface area (Å²) >= 11 is 18.3. The van der Waals surface area contributed by atoms with Gasteiger partial charge in [0.25, 0.3) is 0 Å². The van der Waals surface area contributed by atoms with Gasteiger partial charge in [0, 0.05) is 10.7 Å². The van der Waals surface area contributed by atoms with E-state index in [1.165, 1.54) is 6.20 Å². The van der Waals surface area contributed by atoms with Crippen molar-refractivity contribution in [2.75, 3.05) is 0 Å². The Bertz CT molecular complexity index is 516. The molecule has 2 rings (SSSR count). The Kier molecular flexibility index (Phi) is 4.25. The highest BCUT2D eigenvalue weighted by Gasteiger charge is 2.09. The second-order valence-electron chi connectivity index (χ2n) is 2.97. The Morgan fingerprint density at radius 1 is 1.18 bits per heavy atom. The lowest BCUT2D eigenvalue weighted by molar-refractivity contribution is 0.458. The first-order valence-corrected chi connectivity index (χ1v) is 6.71. The average molecular weight is 399 g/mol. The van der Waals surface area contributed by atoms with Crippen LogP contribution in [-0.2, 0) is 0 Å². The molecule has 3 nitrogen and oxygen atoms in total. The van der Waals surface area contributed by atoms with Crippen molar-refractivity contribution in [3.05, 3.63) is 43.6 Å². The van der Waals surface area contributed by atoms with Gasteiger partial charge in [0.2, 0.25) is 11.2 Å². The maximum Gasteiger partial charge on any atom is 0.238 e. The molecule has 88 valence electrons. The minimum absolute atomic E-state index is 0.106. The van der Waals surface area contributed by atoms with Crippen LogP contribution < -0.4 is 4.74 Å². The molecule has 17 heavy (non-hydrogen) atoms. The normalized spacial score (nSPS) is 10.4. The predicted octanol–water partition coefficient (Wildman–Crippen LogP) is 5.10. The van der Waals surface area contributed by atoms with E-state index in [2.05, 4.69) is 41.8 Å². The summed E-state index contributed by atoms with van der Waals surface area (Å²) in [5, 5.41) is 0.587. The van der Waals surface area contributed by atoms with E-state index in [1.54, 1.807) is 12.1 Å². The molecule has 0 atom stereocenters. The minimum Gasteiger partial charge on any atom is -0.436 e. The van der Waals surface area contributed by atoms with Crippen LogP contribution in [0.1, 0.15) is 0 Å². The zero-order valence-electron chi connectivity index (χ0n) is 8.12. The molecule has 0 amide bonds. The smallest absolute Gasteiger partial charge is 0.238 e. The van der Waals surface area contributed by atoms with Crippen LogP contribution in [0.5, 0.6) is 11.6 Å². The maximum absolute atomic E-state index is 6.00. The summed E-state index contributed by atoms with van der Waals surface area (Å²) in [6, 6.07) is 5.28. The highest BCUT2D eigenvalue weighted by molar-refractivity contribution is 9.10. The van der Waals surface area contributed by atoms with Gasteiger partial charge in [-0.15, -0.1) is 0 Å². The lowest BCUT2D eigenvalue weighted by atomic mass is 10.3. The van der Waals surface area contributed by atoms with Gasteiger partial charge in [-0.2, -0.15) is 4.98 Å². The fraction of sp³-hybridized carbons (Fsp3) is 0. The van der Waals surface area contributed by atoms with Crippen molar-refractivity contribution in [1.29, 1.82) is 0 Å². The molecule has 0 spiro atoms. The first kappa shape index (κ1) is 13.1. The molecule has 0 fully saturated rings. The number of aromatic nitrogens is 2. The van der Waals surface area contributed by atoms with Crippen LogP contribution in [0.3, 0.4) is 0 Å². The molecule has 0 N–H and O–H groups in total. The molecular weight excluding hydrogens is 395 g/mol. The van der Waals surface area contributed by atoms with E-state index in [9.17, 15) is 0 Å². The molecular formula is C10H4Br2Cl2N2O. The van der Waals surface area contributed by atoms with Crippen LogP contribution in [0.15, 0.2) is 33.3 Å². The molecule has 0 aliphatic rings. The van der Waals surface area contributed by atoms with Crippen molar-refractivity contribution in [2.45, 2.75) is 0 Å². The van der Waals surface area contributed by atoms with E-state index in [0.29, 0.717) is 21.1 Å². The molecule has 0 aliphatic carbocycles. The average Bonchev–Trinajstić information content (AvgIpc) is 2.28. The van der Waals surface area contributed by atoms with Gasteiger partial charge >= 0.3 is 0 Å². The number of ether oxygens (including phenoxy) is 1. The first-order chi connectivity index (χ1) is 8.06. The summed E-state index contributed by atoms with van der Waals surface area (Å²) < 4.78 is 7.01. The van der Waals surface area contributed by atoms with Crippen molar-refractivity contribution in [2.24, 2.45) is 0 Å². The van der Waals surface area contributed by atoms with E-state index in [0.717, 1.165) is 4.47 Å². The monoisotopic (exact) mass is 396 g/mol. The zero-order chi connectivity index (χ0) is 12.4. The Hall–Kier alpha value is -0.360. The Labute approximate surface area is 124 Å². The molecule has 0 radical (unpaired) electrons. The van der Waals surface area contributed by atoms with Crippen LogP contribution in [0, 0.1) is 0 Å². The molecule has 1 aromatic carbocycles. The molecule has 0 saturated carbocycles. The Morgan fingerprint density at radius 3 is 2.71 bits per heavy atom. The molecule has 0 bridgehead atoms. The second-order valence-corrected chi connectivity index (χ2v) is 5.48. The fourth-order valence-corrected chi connectivity index (χ4v) is 1.96. The zero-order valence-corrected chi connectivity index (χ0v) is 12.8. The molecule has 7 heteroatoms. The van der Waals surface area contributed by atoms with Gasteiger partial charge in [0.15, 0.2) is 0 Å². The molecule has 0 unspecified atom stereocenters. The van der Waals surface area contributed by atoms with Crippen LogP contribution in [0.2, 0.25) is 10.3 Å². The summed E-state index contributed by atoms with van der Waals surface area (Å²) in [5.41, 5.74) is 0. The van der Waals surface area contributed by atoms with E-state index in [1.807, 2.05) is 6.07 Å². The number of hydrogen-bond acceptors (Lipinski definition) is 3. The number of hydrogen-bond donors (Lipinski definition) is 0. The van der Waals surface area contributed by atoms with Gasteiger partial charge in [-0.05, 0) is 45.7 Å². The third-order valence-corrected chi connectivity index (χ3v) is 3.31. The van der Waals surface area contributed by atoms with Crippen LogP contribution >= 0.6 is 55.1 Å². The van der Waals surface area contributed by atoms with Crippen molar-refractivity contribution in [3.63, 3.8) is 0 Å². The van der Waals surface area contributed by atoms with Gasteiger partial charge in [0.05, 0.1) is 9.50 Å². The standard InChI is InChI=1S/C10H4Br2Cl2N2O/c11-5-1-2-7(13)8(3-5)17-9-6(12)4-15-10(14)16-9/h1-4H. The summed E-state index contributed by atoms with van der Waals surface area (Å²) in [5.74, 6) is 0.793. The third kappa shape index (κ3) is 3.31. The summed E-state index contributed by atoms with van der Waals surface area (Å²) in [6.07, 6.45) is 1.51. The van der Waals surface area contributed by atoms with Crippen LogP contribution in [-0.4, -0.2) is 9.97 Å². The number of rotatable bonds is 2. The van der Waals surface area contributed by atoms with Gasteiger partial charge < -0.3 is 4.74 Å². The SMILES string of the molecule is Clc1ncc(Br)c(Oc2cc(Br)ccc2Cl)n1. The quantitative estimate of drug-likeness (QED) is 0.660. The molecule has 0 saturated heterocycles. The van der Waals surface area contributed by atoms with Gasteiger partial charge in [-0.1, -0.05) is 27.5 Å². The van der Waals surface area contributed by atoms with E-state index >= 15 is 0 Å². The lowest BCUT2D eigenvalue weighted by Gasteiger charge is -2.08. The van der Waals surface area contributed by atoms with E-state index < -0.39 is 0 Å². The molecule has 1 heterocycles. The predicted molar refractivity (Wildman–Crippen MR) is 74.0 cm³/mol. The second kappa shape index (κ2) is 5.52. The molecule has 0 aliphatic heterocycles. The minimum atomic E-state index is 0.106. The Morgan fingerprint density at radius 2 is 1.94 bits per heavy atom. The van der Waals surface area contributed by atoms with Gasteiger partial charge in [-0.3, -0.25) is 0 Å². The lowest BCUT2D eigenvalue weighted by Crippen LogP contribution is -1.92. The van der Waals surface area contributed by atoms with Crippen molar-refractivity contribution >= 4 is 55.1 Å². The van der Waals surface area contributed by atoms with Gasteiger partial charge in [0.1, 0.15) is 5.75 Å². The number of halogens is 4. The van der Waals surface area contributed by atoms with Crippen LogP contribution in [0.25, 0.3) is 0 Å². The summed E-state index contributed by atoms with van der Waals surface area (Å²) in [4.78, 5) is 7.76. The summed E-state index contributed by atoms with van der Waals surface area (Å²) in [7, 11) is 0. The molecule has 1 aromatic heterocycles. The molecule has 2 aromatic rings. The topological polar surface area (TPSA) is 35.0 Å². The highest BCUT2D eigenvalue weighted by Crippen LogP contribution is 2.34. The highest BCUT2D eigenvalue weighted by atomic mass is 79.9. The Balaban J connectivity index is 2.37. The fourth-order valence-electron chi connectivity index (χ4n) is 1.06. The van der Waals surface area contributed by atoms with E-state index in [-0.39, 0.29) is 5.28 Å². The van der Waals surface area contributed by atoms with E-state index in [4.69, 9.17) is 27.9 Å². The number of nitrogens with zero attached hydrogens (tertiary/aromatic N) is 2. The van der Waals surface area contributed by atoms with Crippen molar-refractivity contribution in [1.82, 2.24) is 9.97 Å². The maximum atomic E-state index is 6.00. The largest absolute Gasteiger partial charge is 0.436 e. The van der Waals surface area contributed by atoms with Crippen molar-refractivity contribution < 1.29 is 4.74 Å². The van der Waals surface area contributed by atoms with Gasteiger partial charge in [-0.25, -0.2) is 4.98 Å².